The van der Waals surface area contributed by atoms with Crippen LogP contribution in [0.15, 0.2) is 165 Å². The van der Waals surface area contributed by atoms with Crippen molar-refractivity contribution in [3.8, 4) is 23.0 Å². The molecule has 6 heterocycles. The van der Waals surface area contributed by atoms with E-state index in [2.05, 4.69) is 89.3 Å². The van der Waals surface area contributed by atoms with E-state index < -0.39 is 39.7 Å². The van der Waals surface area contributed by atoms with Crippen LogP contribution >= 0.6 is 22.6 Å². The number of carboxylic acids is 4. The van der Waals surface area contributed by atoms with Gasteiger partial charge in [0, 0.05) is 111 Å². The molecule has 118 heavy (non-hydrogen) atoms. The summed E-state index contributed by atoms with van der Waals surface area (Å²) in [5.74, 6) is -4.75. The lowest BCUT2D eigenvalue weighted by atomic mass is 10.0. The summed E-state index contributed by atoms with van der Waals surface area (Å²) in [6, 6.07) is 24.7. The van der Waals surface area contributed by atoms with Crippen molar-refractivity contribution in [2.24, 2.45) is 35.2 Å². The minimum Gasteiger partial charge on any atom is -0.748 e. The minimum absolute atomic E-state index is 0.0470. The topological polar surface area (TPSA) is 413 Å². The van der Waals surface area contributed by atoms with Crippen LogP contribution in [0, 0.1) is 62.3 Å². The van der Waals surface area contributed by atoms with Crippen molar-refractivity contribution < 1.29 is 116 Å². The van der Waals surface area contributed by atoms with Gasteiger partial charge in [-0.05, 0) is 179 Å². The predicted molar refractivity (Wildman–Crippen MR) is 462 cm³/mol. The van der Waals surface area contributed by atoms with Gasteiger partial charge in [0.1, 0.15) is 58.2 Å². The van der Waals surface area contributed by atoms with E-state index in [4.69, 9.17) is 38.2 Å². The van der Waals surface area contributed by atoms with Crippen LogP contribution in [0.5, 0.6) is 23.0 Å². The molecule has 0 spiro atoms. The molecule has 11 N–H and O–H groups in total. The summed E-state index contributed by atoms with van der Waals surface area (Å²) in [7, 11) is 5.98. The highest BCUT2D eigenvalue weighted by molar-refractivity contribution is 14.1. The van der Waals surface area contributed by atoms with E-state index in [-0.39, 0.29) is 63.5 Å². The van der Waals surface area contributed by atoms with Crippen LogP contribution in [-0.4, -0.2) is 120 Å². The molecule has 6 aromatic heterocycles. The fraction of sp³-hybridized carbons (Fsp3) is 0.233. The average molecular weight is 1750 g/mol. The van der Waals surface area contributed by atoms with Crippen LogP contribution in [0.3, 0.4) is 0 Å². The molecule has 10 rings (SSSR count). The molecule has 0 saturated heterocycles. The highest BCUT2D eigenvalue weighted by Gasteiger charge is 2.17. The van der Waals surface area contributed by atoms with Gasteiger partial charge in [-0.2, -0.15) is 0 Å². The smallest absolute Gasteiger partial charge is 0.335 e. The summed E-state index contributed by atoms with van der Waals surface area (Å²) < 4.78 is 37.2. The molecule has 0 aliphatic carbocycles. The normalized spacial score (nSPS) is 10.3. The number of rotatable bonds is 16. The Bertz CT molecular complexity index is 5130. The molecule has 0 aliphatic heterocycles. The molecule has 4 aromatic carbocycles. The number of phenols is 4. The van der Waals surface area contributed by atoms with Crippen molar-refractivity contribution in [2.75, 3.05) is 24.3 Å². The summed E-state index contributed by atoms with van der Waals surface area (Å²) in [5, 5.41) is 78.4. The van der Waals surface area contributed by atoms with Crippen molar-refractivity contribution in [1.29, 1.82) is 0 Å². The predicted octanol–water partition coefficient (Wildman–Crippen LogP) is 10.6. The van der Waals surface area contributed by atoms with E-state index in [0.717, 1.165) is 63.6 Å². The second-order valence-electron chi connectivity index (χ2n) is 26.2. The lowest BCUT2D eigenvalue weighted by Crippen LogP contribution is -2.54. The van der Waals surface area contributed by atoms with Crippen molar-refractivity contribution in [2.45, 2.75) is 83.1 Å². The van der Waals surface area contributed by atoms with E-state index in [1.165, 1.54) is 52.6 Å². The maximum absolute atomic E-state index is 12.7. The lowest BCUT2D eigenvalue weighted by Gasteiger charge is -2.10. The highest BCUT2D eigenvalue weighted by atomic mass is 127. The quantitative estimate of drug-likeness (QED) is 0.0143. The number of phenolic OH excluding ortho intramolecular Hbond substituents is 4. The number of alkyl halides is 1. The van der Waals surface area contributed by atoms with Gasteiger partial charge in [0.15, 0.2) is 74.5 Å². The maximum Gasteiger partial charge on any atom is 0.335 e. The number of benzene rings is 4. The van der Waals surface area contributed by atoms with Crippen LogP contribution < -0.4 is 39.0 Å². The third kappa shape index (κ3) is 38.1. The number of aromatic carboxylic acids is 3. The molecule has 0 atom stereocenters. The third-order valence-electron chi connectivity index (χ3n) is 16.4. The summed E-state index contributed by atoms with van der Waals surface area (Å²) in [4.78, 5) is 80.8. The van der Waals surface area contributed by atoms with Crippen LogP contribution in [0.4, 0.5) is 0 Å². The van der Waals surface area contributed by atoms with Gasteiger partial charge in [0.05, 0.1) is 51.0 Å². The number of hydrogen-bond acceptors (Lipinski definition) is 16. The highest BCUT2D eigenvalue weighted by Crippen LogP contribution is 2.31. The summed E-state index contributed by atoms with van der Waals surface area (Å²) in [5.41, 5.74) is 20.3. The van der Waals surface area contributed by atoms with E-state index in [1.807, 2.05) is 229 Å². The molecule has 0 radical (unpaired) electrons. The number of hydrogen-bond donors (Lipinski definition) is 9. The number of nitrogens with one attached hydrogen (secondary N) is 1. The second-order valence-corrected chi connectivity index (χ2v) is 27.6. The molecule has 0 fully saturated rings. The molecular formula is C90H109IN8O18S+4. The molecule has 626 valence electrons. The Balaban J connectivity index is 0.000000736. The van der Waals surface area contributed by atoms with Crippen molar-refractivity contribution in [3.05, 3.63) is 293 Å². The minimum atomic E-state index is -3.92. The Hall–Kier alpha value is -12.8. The van der Waals surface area contributed by atoms with Crippen LogP contribution in [-0.2, 0) is 50.2 Å². The number of aliphatic carboxylic acids is 1. The Labute approximate surface area is 704 Å². The third-order valence-corrected chi connectivity index (χ3v) is 16.4. The van der Waals surface area contributed by atoms with E-state index in [1.54, 1.807) is 31.2 Å². The molecule has 0 aliphatic rings. The van der Waals surface area contributed by atoms with Crippen molar-refractivity contribution >= 4 is 124 Å². The number of aryl methyl sites for hydroxylation is 14. The zero-order valence-electron chi connectivity index (χ0n) is 70.1. The number of carbonyl (C=O) groups excluding carboxylic acids is 4. The average Bonchev–Trinajstić information content (AvgIpc) is 0.823. The Morgan fingerprint density at radius 2 is 0.712 bits per heavy atom. The van der Waals surface area contributed by atoms with Crippen molar-refractivity contribution in [3.63, 3.8) is 0 Å². The molecule has 10 aromatic rings. The van der Waals surface area contributed by atoms with Gasteiger partial charge in [0.2, 0.25) is 0 Å². The van der Waals surface area contributed by atoms with Crippen LogP contribution in [0.2, 0.25) is 0 Å². The molecule has 0 saturated carbocycles. The molecular weight excluding hydrogens is 1640 g/mol. The lowest BCUT2D eigenvalue weighted by molar-refractivity contribution is -0.672. The standard InChI is InChI=1S/C27H30N4O2.C25H24N2O3.C9H6O5.C8H12N.C8H8O3.C7H9N.C2H4O2.C2H6.CH3I.CH4O3S/c1-19-17-30(3)13-9-21(19)5-7-23-15-25(27(33)29-12-11-28)16-24(26(23)32)8-6-22-10-14-31(4)18-20(22)2;1-17-15-26(3)11-9-19(17)5-7-21-13-23(25(29)30)14-22(24(21)28)8-6-20-10-12-27(4)16-18(20)2;10-3-6-1-5(9(13)14)2-7(4-11)8(6)12;1-7-4-5-9(3)6-8(7)2;1-5-4-6(8(10)11)2-3-7(5)9;1-6-3-4-8-5-7(6)2;1-2(3)4;2*1-2;1-5(2,3)4/h5-10,13-18H,11-12,28H2,1-4H3;5-16H,1-4H3;1-4,12H,(H,13,14);4-6H,1-3H3;2-4,9H,1H3,(H,10,11);3-5H,1-2H3;1H3,(H,3,4);1-2H3;1H3;1H3,(H,2,3,4)/q;;;+1;;;;;;/p+3. The summed E-state index contributed by atoms with van der Waals surface area (Å²) in [6.45, 7) is 24.2. The first kappa shape index (κ1) is 103. The number of pyridine rings is 6. The first-order valence-corrected chi connectivity index (χ1v) is 40.3. The number of halogens is 1. The number of amides is 1. The monoisotopic (exact) mass is 1750 g/mol. The van der Waals surface area contributed by atoms with Gasteiger partial charge in [0.25, 0.3) is 5.91 Å². The Morgan fingerprint density at radius 1 is 0.432 bits per heavy atom. The molecule has 1 amide bonds. The number of aromatic hydroxyl groups is 4. The van der Waals surface area contributed by atoms with E-state index in [9.17, 15) is 49.2 Å². The van der Waals surface area contributed by atoms with Gasteiger partial charge in [-0.3, -0.25) is 19.4 Å². The second kappa shape index (κ2) is 52.7. The fourth-order valence-corrected chi connectivity index (χ4v) is 10.0. The first-order chi connectivity index (χ1) is 55.5. The number of quaternary nitrogens is 1. The fourth-order valence-electron chi connectivity index (χ4n) is 10.0. The largest absolute Gasteiger partial charge is 0.748 e. The van der Waals surface area contributed by atoms with E-state index in [0.29, 0.717) is 52.7 Å². The summed E-state index contributed by atoms with van der Waals surface area (Å²) in [6.07, 6.45) is 39.8. The van der Waals surface area contributed by atoms with Crippen molar-refractivity contribution in [1.82, 2.24) is 10.3 Å². The number of aromatic nitrogens is 6. The number of carboxylic acid groups (broad SMARTS) is 4. The van der Waals surface area contributed by atoms with Crippen LogP contribution in [0.25, 0.3) is 48.6 Å². The van der Waals surface area contributed by atoms with Gasteiger partial charge in [-0.15, -0.1) is 0 Å². The zero-order valence-corrected chi connectivity index (χ0v) is 73.0. The Kier molecular flexibility index (Phi) is 46.1. The van der Waals surface area contributed by atoms with Crippen LogP contribution in [0.1, 0.15) is 177 Å². The number of nitrogens with zero attached hydrogens (tertiary/aromatic N) is 6. The number of carbonyl (C=O) groups is 7. The van der Waals surface area contributed by atoms with Gasteiger partial charge in [-0.25, -0.2) is 45.6 Å². The first-order valence-electron chi connectivity index (χ1n) is 36.4. The van der Waals surface area contributed by atoms with Gasteiger partial charge >= 0.3 is 17.9 Å². The maximum atomic E-state index is 12.7. The molecule has 0 bridgehead atoms. The van der Waals surface area contributed by atoms with E-state index >= 15 is 0 Å². The molecule has 0 unspecified atom stereocenters. The summed E-state index contributed by atoms with van der Waals surface area (Å²) >= 11 is 2.15. The van der Waals surface area contributed by atoms with Gasteiger partial charge < -0.3 is 61.2 Å². The Morgan fingerprint density at radius 3 is 0.966 bits per heavy atom. The number of aldehydes is 2. The molecule has 26 nitrogen and oxygen atoms in total. The van der Waals surface area contributed by atoms with Gasteiger partial charge in [-0.1, -0.05) is 85.0 Å². The zero-order chi connectivity index (χ0) is 89.9. The molecule has 28 heteroatoms. The SMILES string of the molecule is CC.CC(=O)[O-].CI.CS(=O)(=O)[O-].Cc1c[n+](C)ccc1/C=C/c1cc(C(=O)NCC[NH3+])cc(/C=C/c2cc[n+](C)cc2C)c1O.Cc1c[n+](C)ccc1/C=C/c1cc(C(=O)O)cc(/C=C/c2cc[n+](C)cc2C)c1O.Cc1cc(C(=O)O)ccc1O.Cc1cc[n+](C)cc1C.Cc1ccncc1C.O=Cc1cc(C(=O)O)cc(C=O)c1O.